The van der Waals surface area contributed by atoms with Gasteiger partial charge in [-0.3, -0.25) is 0 Å². The van der Waals surface area contributed by atoms with Gasteiger partial charge in [0.25, 0.3) is 0 Å². The van der Waals surface area contributed by atoms with Crippen molar-refractivity contribution in [3.05, 3.63) is 156 Å². The van der Waals surface area contributed by atoms with Crippen LogP contribution < -0.4 is 0 Å². The van der Waals surface area contributed by atoms with Crippen molar-refractivity contribution < 1.29 is 47.0 Å². The van der Waals surface area contributed by atoms with E-state index in [1.54, 1.807) is 0 Å². The van der Waals surface area contributed by atoms with Gasteiger partial charge in [-0.2, -0.15) is 0 Å². The first-order valence-corrected chi connectivity index (χ1v) is 25.8. The predicted molar refractivity (Wildman–Crippen MR) is 170 cm³/mol. The first-order chi connectivity index (χ1) is 21.7. The molecule has 1 aliphatic heterocycles. The van der Waals surface area contributed by atoms with Gasteiger partial charge in [-0.05, 0) is 0 Å². The van der Waals surface area contributed by atoms with Crippen molar-refractivity contribution in [3.63, 3.8) is 0 Å². The Labute approximate surface area is 277 Å². The van der Waals surface area contributed by atoms with Crippen LogP contribution in [0.15, 0.2) is 134 Å². The first-order valence-electron chi connectivity index (χ1n) is 15.2. The molecule has 5 atom stereocenters. The number of benzene rings is 4. The minimum absolute atomic E-state index is 0.247. The molecule has 1 saturated heterocycles. The van der Waals surface area contributed by atoms with Crippen LogP contribution in [-0.2, 0) is 73.5 Å². The summed E-state index contributed by atoms with van der Waals surface area (Å²) in [6, 6.07) is 40.6. The Morgan fingerprint density at radius 1 is 0.636 bits per heavy atom. The van der Waals surface area contributed by atoms with E-state index >= 15 is 0 Å². The third-order valence-corrected chi connectivity index (χ3v) is 12.8. The quantitative estimate of drug-likeness (QED) is 0.0852. The number of ether oxygens (including phenoxy) is 5. The maximum absolute atomic E-state index is 6.98. The van der Waals surface area contributed by atoms with E-state index in [1.807, 2.05) is 78.9 Å². The average Bonchev–Trinajstić information content (AvgIpc) is 3.08. The molecule has 5 rings (SSSR count). The first kappa shape index (κ1) is 33.0. The fraction of sp³-hybridized carbons (Fsp3) is 0.297. The second-order valence-corrected chi connectivity index (χ2v) is 18.0. The summed E-state index contributed by atoms with van der Waals surface area (Å²) >= 11 is -1.71. The van der Waals surface area contributed by atoms with E-state index in [-0.39, 0.29) is 12.7 Å². The Morgan fingerprint density at radius 3 is 1.52 bits per heavy atom. The van der Waals surface area contributed by atoms with Gasteiger partial charge in [0.1, 0.15) is 0 Å². The van der Waals surface area contributed by atoms with Gasteiger partial charge >= 0.3 is 278 Å². The number of rotatable bonds is 16. The predicted octanol–water partition coefficient (Wildman–Crippen LogP) is 7.94. The van der Waals surface area contributed by atoms with Gasteiger partial charge in [-0.1, -0.05) is 0 Å². The molecule has 0 aromatic heterocycles. The van der Waals surface area contributed by atoms with Crippen molar-refractivity contribution >= 4 is 8.25 Å². The zero-order valence-corrected chi connectivity index (χ0v) is 31.3. The van der Waals surface area contributed by atoms with Crippen molar-refractivity contribution in [1.29, 1.82) is 0 Å². The molecule has 0 amide bonds. The van der Waals surface area contributed by atoms with Crippen LogP contribution in [0.4, 0.5) is 0 Å². The van der Waals surface area contributed by atoms with E-state index in [2.05, 4.69) is 55.1 Å². The van der Waals surface area contributed by atoms with Crippen LogP contribution >= 0.6 is 8.25 Å². The van der Waals surface area contributed by atoms with Crippen LogP contribution in [0, 0.1) is 0 Å². The average molecular weight is 800 g/mol. The molecule has 44 heavy (non-hydrogen) atoms. The molecule has 7 heteroatoms. The Hall–Kier alpha value is -2.35. The zero-order chi connectivity index (χ0) is 30.5. The summed E-state index contributed by atoms with van der Waals surface area (Å²) in [6.07, 6.45) is 0.104. The molecular formula is C37H39ClHgO5. The van der Waals surface area contributed by atoms with E-state index < -0.39 is 47.3 Å². The minimum atomic E-state index is -1.71. The molecule has 5 nitrogen and oxygen atoms in total. The summed E-state index contributed by atoms with van der Waals surface area (Å²) in [5.41, 5.74) is 3.30. The molecule has 0 N–H and O–H groups in total. The summed E-state index contributed by atoms with van der Waals surface area (Å²) in [6.45, 7) is 6.14. The zero-order valence-electron chi connectivity index (χ0n) is 25.0. The molecule has 4 aromatic carbocycles. The van der Waals surface area contributed by atoms with Crippen molar-refractivity contribution in [2.24, 2.45) is 0 Å². The summed E-state index contributed by atoms with van der Waals surface area (Å²) in [4.78, 5) is 0. The van der Waals surface area contributed by atoms with Crippen molar-refractivity contribution in [1.82, 2.24) is 0 Å². The monoisotopic (exact) mass is 800 g/mol. The molecule has 0 bridgehead atoms. The fourth-order valence-corrected chi connectivity index (χ4v) is 10.0. The standard InChI is InChI=1S/C37H39O5.ClH.Hg/c1-3-37(28-38-24-30-16-8-4-9-17-30)36(41-27-33-22-14-7-15-23-33)35(40-26-32-20-12-6-13-21-32)34(29(2)42-37)39-25-31-18-10-5-11-19-31;;/h3-23,29,34-36H,1-2,24-28H2;1H;/q;;+1/p-1. The van der Waals surface area contributed by atoms with Crippen molar-refractivity contribution in [2.75, 3.05) is 6.61 Å². The number of hydrogen-bond donors (Lipinski definition) is 0. The van der Waals surface area contributed by atoms with Gasteiger partial charge in [-0.25, -0.2) is 0 Å². The SMILES string of the molecule is C=CC1(COCc2ccccc2)OC([CH2][Hg][Cl])C(OCc2ccccc2)C(OCc2ccccc2)C1OCc1ccccc1. The molecule has 1 aliphatic rings. The Kier molecular flexibility index (Phi) is 13.0. The van der Waals surface area contributed by atoms with Crippen LogP contribution in [0.3, 0.4) is 0 Å². The van der Waals surface area contributed by atoms with Gasteiger partial charge in [-0.15, -0.1) is 0 Å². The van der Waals surface area contributed by atoms with E-state index in [9.17, 15) is 0 Å². The number of halogens is 1. The normalized spacial score (nSPS) is 23.1. The maximum atomic E-state index is 6.98. The molecule has 1 fully saturated rings. The van der Waals surface area contributed by atoms with Crippen molar-refractivity contribution in [3.8, 4) is 0 Å². The van der Waals surface area contributed by atoms with Gasteiger partial charge < -0.3 is 0 Å². The van der Waals surface area contributed by atoms with Gasteiger partial charge in [0.15, 0.2) is 0 Å². The van der Waals surface area contributed by atoms with Gasteiger partial charge in [0.05, 0.1) is 0 Å². The van der Waals surface area contributed by atoms with E-state index in [0.29, 0.717) is 26.4 Å². The molecular weight excluding hydrogens is 760 g/mol. The molecule has 0 aliphatic carbocycles. The van der Waals surface area contributed by atoms with E-state index in [1.165, 1.54) is 0 Å². The van der Waals surface area contributed by atoms with Gasteiger partial charge in [0.2, 0.25) is 0 Å². The van der Waals surface area contributed by atoms with Crippen molar-refractivity contribution in [2.45, 2.75) is 60.4 Å². The third kappa shape index (κ3) is 9.10. The molecule has 1 heterocycles. The van der Waals surface area contributed by atoms with Crippen LogP contribution in [0.1, 0.15) is 22.3 Å². The van der Waals surface area contributed by atoms with E-state index in [0.717, 1.165) is 26.2 Å². The Balaban J connectivity index is 1.48. The van der Waals surface area contributed by atoms with Crippen LogP contribution in [0.25, 0.3) is 0 Å². The second kappa shape index (κ2) is 17.4. The Morgan fingerprint density at radius 2 is 1.07 bits per heavy atom. The number of hydrogen-bond acceptors (Lipinski definition) is 5. The molecule has 0 radical (unpaired) electrons. The summed E-state index contributed by atoms with van der Waals surface area (Å²) < 4.78 is 34.4. The molecule has 4 aromatic rings. The second-order valence-electron chi connectivity index (χ2n) is 11.0. The molecule has 0 saturated carbocycles. The van der Waals surface area contributed by atoms with Crippen LogP contribution in [0.2, 0.25) is 3.93 Å². The molecule has 5 unspecified atom stereocenters. The summed E-state index contributed by atoms with van der Waals surface area (Å²) in [5.74, 6) is 0. The molecule has 226 valence electrons. The summed E-state index contributed by atoms with van der Waals surface area (Å²) in [5, 5.41) is 0. The van der Waals surface area contributed by atoms with Crippen LogP contribution in [-0.4, -0.2) is 36.6 Å². The topological polar surface area (TPSA) is 46.2 Å². The Bertz CT molecular complexity index is 1380. The van der Waals surface area contributed by atoms with Crippen LogP contribution in [0.5, 0.6) is 0 Å². The summed E-state index contributed by atoms with van der Waals surface area (Å²) in [7, 11) is 6.59. The van der Waals surface area contributed by atoms with Gasteiger partial charge in [0, 0.05) is 0 Å². The third-order valence-electron chi connectivity index (χ3n) is 7.86. The molecule has 0 spiro atoms. The van der Waals surface area contributed by atoms with E-state index in [4.69, 9.17) is 31.9 Å². The fourth-order valence-electron chi connectivity index (χ4n) is 5.56.